The van der Waals surface area contributed by atoms with E-state index in [2.05, 4.69) is 90.2 Å². The molecule has 0 saturated heterocycles. The van der Waals surface area contributed by atoms with Crippen molar-refractivity contribution in [3.63, 3.8) is 0 Å². The van der Waals surface area contributed by atoms with Crippen molar-refractivity contribution >= 4 is 45.5 Å². The molecule has 0 spiro atoms. The van der Waals surface area contributed by atoms with Crippen LogP contribution in [0.25, 0.3) is 11.1 Å². The first-order valence-electron chi connectivity index (χ1n) is 13.4. The second kappa shape index (κ2) is 15.8. The van der Waals surface area contributed by atoms with Gasteiger partial charge in [-0.1, -0.05) is 61.5 Å². The predicted octanol–water partition coefficient (Wildman–Crippen LogP) is 10.9. The molecule has 3 aromatic carbocycles. The van der Waals surface area contributed by atoms with Gasteiger partial charge in [0.2, 0.25) is 0 Å². The molecule has 0 aliphatic carbocycles. The highest BCUT2D eigenvalue weighted by Crippen LogP contribution is 2.39. The van der Waals surface area contributed by atoms with Crippen LogP contribution in [0.4, 0.5) is 22.0 Å². The number of ether oxygens (including phenoxy) is 1. The average Bonchev–Trinajstić information content (AvgIpc) is 2.93. The van der Waals surface area contributed by atoms with Crippen molar-refractivity contribution in [1.29, 1.82) is 0 Å². The Hall–Kier alpha value is -2.07. The van der Waals surface area contributed by atoms with E-state index in [1.165, 1.54) is 37.6 Å². The van der Waals surface area contributed by atoms with E-state index in [4.69, 9.17) is 4.74 Å². The van der Waals surface area contributed by atoms with Gasteiger partial charge in [-0.2, -0.15) is 33.7 Å². The zero-order valence-corrected chi connectivity index (χ0v) is 25.4. The first-order chi connectivity index (χ1) is 19.1. The Morgan fingerprint density at radius 2 is 1.32 bits per heavy atom. The highest BCUT2D eigenvalue weighted by atomic mass is 127. The van der Waals surface area contributed by atoms with Gasteiger partial charge in [0.25, 0.3) is 0 Å². The molecule has 0 radical (unpaired) electrons. The monoisotopic (exact) mass is 688 g/mol. The normalized spacial score (nSPS) is 12.8. The van der Waals surface area contributed by atoms with E-state index >= 15 is 0 Å². The molecule has 0 aliphatic heterocycles. The second-order valence-corrected chi connectivity index (χ2v) is 11.9. The van der Waals surface area contributed by atoms with Crippen LogP contribution in [-0.2, 0) is 0 Å². The zero-order valence-electron chi connectivity index (χ0n) is 22.5. The van der Waals surface area contributed by atoms with Gasteiger partial charge in [0.05, 0.1) is 6.61 Å². The van der Waals surface area contributed by atoms with Crippen LogP contribution in [-0.4, -0.2) is 30.2 Å². The van der Waals surface area contributed by atoms with Gasteiger partial charge in [0.15, 0.2) is 0 Å². The summed E-state index contributed by atoms with van der Waals surface area (Å²) in [6.07, 6.45) is -3.25. The van der Waals surface area contributed by atoms with Crippen molar-refractivity contribution in [2.75, 3.05) is 18.1 Å². The van der Waals surface area contributed by atoms with Crippen LogP contribution < -0.4 is 4.74 Å². The molecular weight excluding hydrogens is 654 g/mol. The van der Waals surface area contributed by atoms with Gasteiger partial charge in [0.1, 0.15) is 5.75 Å². The molecule has 0 atom stereocenters. The van der Waals surface area contributed by atoms with E-state index < -0.39 is 18.5 Å². The number of rotatable bonds is 15. The van der Waals surface area contributed by atoms with Crippen LogP contribution in [0.1, 0.15) is 62.1 Å². The molecule has 0 bridgehead atoms. The Bertz CT molecular complexity index is 1190. The zero-order chi connectivity index (χ0) is 29.0. The van der Waals surface area contributed by atoms with Crippen LogP contribution in [0.3, 0.4) is 0 Å². The van der Waals surface area contributed by atoms with Gasteiger partial charge in [-0.25, -0.2) is 0 Å². The maximum absolute atomic E-state index is 12.9. The summed E-state index contributed by atoms with van der Waals surface area (Å²) in [6.45, 7) is 2.74. The molecule has 0 amide bonds. The molecule has 0 heterocycles. The first-order valence-corrected chi connectivity index (χ1v) is 15.7. The van der Waals surface area contributed by atoms with E-state index in [1.54, 1.807) is 0 Å². The maximum Gasteiger partial charge on any atom is 0.453 e. The molecule has 0 fully saturated rings. The fraction of sp³-hybridized carbons (Fsp3) is 0.375. The molecule has 0 aromatic heterocycles. The molecule has 216 valence electrons. The number of hydrogen-bond acceptors (Lipinski definition) is 2. The lowest BCUT2D eigenvalue weighted by molar-refractivity contribution is -0.284. The van der Waals surface area contributed by atoms with E-state index in [9.17, 15) is 22.0 Å². The smallest absolute Gasteiger partial charge is 0.453 e. The number of halogens is 6. The highest BCUT2D eigenvalue weighted by molar-refractivity contribution is 14.1. The lowest BCUT2D eigenvalue weighted by Crippen LogP contribution is -2.36. The molecule has 0 saturated carbocycles. The van der Waals surface area contributed by atoms with Crippen molar-refractivity contribution in [2.24, 2.45) is 0 Å². The van der Waals surface area contributed by atoms with Crippen molar-refractivity contribution in [2.45, 2.75) is 57.5 Å². The number of hydrogen-bond donors (Lipinski definition) is 0. The van der Waals surface area contributed by atoms with Gasteiger partial charge in [0, 0.05) is 9.99 Å². The van der Waals surface area contributed by atoms with Crippen LogP contribution in [0.2, 0.25) is 0 Å². The maximum atomic E-state index is 12.9. The van der Waals surface area contributed by atoms with Gasteiger partial charge in [-0.3, -0.25) is 0 Å². The Morgan fingerprint density at radius 1 is 0.725 bits per heavy atom. The third kappa shape index (κ3) is 9.79. The molecule has 40 heavy (non-hydrogen) atoms. The minimum absolute atomic E-state index is 0.151. The molecule has 3 rings (SSSR count). The summed E-state index contributed by atoms with van der Waals surface area (Å²) in [4.78, 5) is 0. The van der Waals surface area contributed by atoms with E-state index in [0.29, 0.717) is 12.4 Å². The highest BCUT2D eigenvalue weighted by Gasteiger charge is 2.56. The number of allylic oxidation sites excluding steroid dienone is 1. The topological polar surface area (TPSA) is 9.23 Å². The van der Waals surface area contributed by atoms with E-state index in [1.807, 2.05) is 18.2 Å². The van der Waals surface area contributed by atoms with E-state index in [0.717, 1.165) is 42.7 Å². The average molecular weight is 689 g/mol. The Kier molecular flexibility index (Phi) is 12.8. The quantitative estimate of drug-likeness (QED) is 0.0680. The lowest BCUT2D eigenvalue weighted by Gasteiger charge is -2.19. The van der Waals surface area contributed by atoms with Crippen LogP contribution in [0, 0.1) is 3.57 Å². The molecular formula is C32H34F5IOS. The molecule has 3 aromatic rings. The summed E-state index contributed by atoms with van der Waals surface area (Å²) < 4.78 is 69.5. The van der Waals surface area contributed by atoms with Crippen LogP contribution in [0.5, 0.6) is 5.75 Å². The van der Waals surface area contributed by atoms with Gasteiger partial charge >= 0.3 is 12.1 Å². The van der Waals surface area contributed by atoms with Crippen LogP contribution >= 0.6 is 34.4 Å². The molecule has 0 unspecified atom stereocenters. The second-order valence-electron chi connectivity index (χ2n) is 9.43. The lowest BCUT2D eigenvalue weighted by atomic mass is 9.88. The van der Waals surface area contributed by atoms with Gasteiger partial charge in [-0.05, 0) is 118 Å². The largest absolute Gasteiger partial charge is 0.494 e. The number of benzene rings is 3. The molecule has 0 aliphatic rings. The van der Waals surface area contributed by atoms with E-state index in [-0.39, 0.29) is 6.42 Å². The Morgan fingerprint density at radius 3 is 1.93 bits per heavy atom. The summed E-state index contributed by atoms with van der Waals surface area (Å²) in [5, 5.41) is 0. The number of thioether (sulfide) groups is 1. The standard InChI is InChI=1S/C32H34F5IOS/c1-2-29(24-10-5-3-6-11-24)30(25-12-16-27(38)17-13-25)26-14-18-28(19-15-26)39-21-7-4-8-22-40-23-9-20-31(33,34)32(35,36)37/h3,5-6,10-19H,2,4,7-9,20-23H2,1H3/b30-29-. The number of unbranched alkanes of at least 4 members (excludes halogenated alkanes) is 2. The summed E-state index contributed by atoms with van der Waals surface area (Å²) in [6, 6.07) is 27.2. The first kappa shape index (κ1) is 32.4. The SMILES string of the molecule is CC/C(=C(\c1ccc(I)cc1)c1ccc(OCCCCCSCCCC(F)(F)C(F)(F)F)cc1)c1ccccc1. The third-order valence-electron chi connectivity index (χ3n) is 6.45. The van der Waals surface area contributed by atoms with Crippen molar-refractivity contribution in [3.8, 4) is 5.75 Å². The van der Waals surface area contributed by atoms with Gasteiger partial charge in [-0.15, -0.1) is 0 Å². The summed E-state index contributed by atoms with van der Waals surface area (Å²) in [7, 11) is 0. The van der Waals surface area contributed by atoms with Crippen molar-refractivity contribution in [3.05, 3.63) is 99.1 Å². The number of alkyl halides is 5. The molecule has 8 heteroatoms. The summed E-state index contributed by atoms with van der Waals surface area (Å²) >= 11 is 3.74. The third-order valence-corrected chi connectivity index (χ3v) is 8.32. The minimum Gasteiger partial charge on any atom is -0.494 e. The molecule has 1 nitrogen and oxygen atoms in total. The minimum atomic E-state index is -5.46. The Labute approximate surface area is 251 Å². The summed E-state index contributed by atoms with van der Waals surface area (Å²) in [5.74, 6) is -2.76. The van der Waals surface area contributed by atoms with Crippen LogP contribution in [0.15, 0.2) is 78.9 Å². The fourth-order valence-electron chi connectivity index (χ4n) is 4.33. The summed E-state index contributed by atoms with van der Waals surface area (Å²) in [5.41, 5.74) is 5.98. The molecule has 0 N–H and O–H groups in total. The Balaban J connectivity index is 1.49. The fourth-order valence-corrected chi connectivity index (χ4v) is 5.65. The van der Waals surface area contributed by atoms with Gasteiger partial charge < -0.3 is 4.74 Å². The van der Waals surface area contributed by atoms with Crippen molar-refractivity contribution in [1.82, 2.24) is 0 Å². The van der Waals surface area contributed by atoms with Crippen molar-refractivity contribution < 1.29 is 26.7 Å². The predicted molar refractivity (Wildman–Crippen MR) is 165 cm³/mol.